The van der Waals surface area contributed by atoms with E-state index < -0.39 is 11.5 Å². The van der Waals surface area contributed by atoms with E-state index >= 15 is 0 Å². The number of aryl methyl sites for hydroxylation is 1. The van der Waals surface area contributed by atoms with Crippen molar-refractivity contribution in [2.75, 3.05) is 0 Å². The Morgan fingerprint density at radius 2 is 2.36 bits per heavy atom. The molecule has 4 nitrogen and oxygen atoms in total. The lowest BCUT2D eigenvalue weighted by Crippen LogP contribution is -2.36. The molecule has 1 unspecified atom stereocenters. The zero-order valence-corrected chi connectivity index (χ0v) is 8.32. The van der Waals surface area contributed by atoms with Gasteiger partial charge in [-0.3, -0.25) is 9.78 Å². The number of aliphatic carboxylic acids is 1. The Hall–Kier alpha value is -1.42. The SMILES string of the molecule is Cc1cnccc1C(C)(N)CC(=O)O. The number of carbonyl (C=O) groups is 1. The van der Waals surface area contributed by atoms with Gasteiger partial charge in [0, 0.05) is 17.9 Å². The number of nitrogens with two attached hydrogens (primary N) is 1. The number of hydrogen-bond acceptors (Lipinski definition) is 3. The summed E-state index contributed by atoms with van der Waals surface area (Å²) in [4.78, 5) is 14.5. The van der Waals surface area contributed by atoms with Crippen LogP contribution in [0.15, 0.2) is 18.5 Å². The largest absolute Gasteiger partial charge is 0.481 e. The van der Waals surface area contributed by atoms with Gasteiger partial charge < -0.3 is 10.8 Å². The van der Waals surface area contributed by atoms with Crippen LogP contribution in [-0.2, 0) is 10.3 Å². The van der Waals surface area contributed by atoms with Gasteiger partial charge in [0.05, 0.1) is 6.42 Å². The predicted molar refractivity (Wildman–Crippen MR) is 52.8 cm³/mol. The van der Waals surface area contributed by atoms with Gasteiger partial charge in [0.2, 0.25) is 0 Å². The molecule has 1 heterocycles. The molecule has 0 aliphatic rings. The molecule has 0 saturated heterocycles. The maximum Gasteiger partial charge on any atom is 0.305 e. The lowest BCUT2D eigenvalue weighted by molar-refractivity contribution is -0.138. The highest BCUT2D eigenvalue weighted by Crippen LogP contribution is 2.23. The molecule has 3 N–H and O–H groups in total. The van der Waals surface area contributed by atoms with Crippen LogP contribution in [0.1, 0.15) is 24.5 Å². The molecule has 0 aliphatic heterocycles. The maximum atomic E-state index is 10.6. The molecule has 1 aromatic heterocycles. The smallest absolute Gasteiger partial charge is 0.305 e. The highest BCUT2D eigenvalue weighted by molar-refractivity contribution is 5.68. The van der Waals surface area contributed by atoms with Crippen LogP contribution in [0.4, 0.5) is 0 Å². The van der Waals surface area contributed by atoms with E-state index in [4.69, 9.17) is 10.8 Å². The average Bonchev–Trinajstić information content (AvgIpc) is 2.02. The Labute approximate surface area is 82.8 Å². The summed E-state index contributed by atoms with van der Waals surface area (Å²) in [6.07, 6.45) is 3.22. The zero-order chi connectivity index (χ0) is 10.8. The molecule has 14 heavy (non-hydrogen) atoms. The third-order valence-corrected chi connectivity index (χ3v) is 2.15. The normalized spacial score (nSPS) is 14.8. The molecular weight excluding hydrogens is 180 g/mol. The first kappa shape index (κ1) is 10.7. The fourth-order valence-electron chi connectivity index (χ4n) is 1.52. The van der Waals surface area contributed by atoms with Crippen molar-refractivity contribution >= 4 is 5.97 Å². The Bertz CT molecular complexity index is 348. The van der Waals surface area contributed by atoms with Crippen LogP contribution in [0, 0.1) is 6.92 Å². The Morgan fingerprint density at radius 1 is 1.71 bits per heavy atom. The van der Waals surface area contributed by atoms with E-state index in [9.17, 15) is 4.79 Å². The van der Waals surface area contributed by atoms with Crippen molar-refractivity contribution in [2.45, 2.75) is 25.8 Å². The van der Waals surface area contributed by atoms with Crippen molar-refractivity contribution in [2.24, 2.45) is 5.73 Å². The molecule has 76 valence electrons. The summed E-state index contributed by atoms with van der Waals surface area (Å²) in [5.74, 6) is -0.897. The van der Waals surface area contributed by atoms with Crippen LogP contribution in [0.5, 0.6) is 0 Å². The second-order valence-electron chi connectivity index (χ2n) is 3.68. The number of nitrogens with zero attached hydrogens (tertiary/aromatic N) is 1. The first-order valence-electron chi connectivity index (χ1n) is 4.35. The third-order valence-electron chi connectivity index (χ3n) is 2.15. The molecule has 0 saturated carbocycles. The van der Waals surface area contributed by atoms with Crippen molar-refractivity contribution in [3.63, 3.8) is 0 Å². The first-order valence-corrected chi connectivity index (χ1v) is 4.35. The molecule has 0 radical (unpaired) electrons. The van der Waals surface area contributed by atoms with Gasteiger partial charge in [0.15, 0.2) is 0 Å². The number of carboxylic acid groups (broad SMARTS) is 1. The number of hydrogen-bond donors (Lipinski definition) is 2. The van der Waals surface area contributed by atoms with Gasteiger partial charge in [-0.2, -0.15) is 0 Å². The van der Waals surface area contributed by atoms with Crippen molar-refractivity contribution in [3.05, 3.63) is 29.6 Å². The monoisotopic (exact) mass is 194 g/mol. The molecule has 0 fully saturated rings. The summed E-state index contributed by atoms with van der Waals surface area (Å²) in [5, 5.41) is 8.71. The minimum absolute atomic E-state index is 0.0855. The fraction of sp³-hybridized carbons (Fsp3) is 0.400. The van der Waals surface area contributed by atoms with Gasteiger partial charge in [0.25, 0.3) is 0 Å². The topological polar surface area (TPSA) is 76.2 Å². The number of rotatable bonds is 3. The van der Waals surface area contributed by atoms with E-state index in [-0.39, 0.29) is 6.42 Å². The Morgan fingerprint density at radius 3 is 2.86 bits per heavy atom. The van der Waals surface area contributed by atoms with Crippen LogP contribution in [0.25, 0.3) is 0 Å². The zero-order valence-electron chi connectivity index (χ0n) is 8.32. The van der Waals surface area contributed by atoms with Gasteiger partial charge in [-0.25, -0.2) is 0 Å². The molecule has 4 heteroatoms. The molecule has 0 aliphatic carbocycles. The van der Waals surface area contributed by atoms with Crippen molar-refractivity contribution in [1.82, 2.24) is 4.98 Å². The summed E-state index contributed by atoms with van der Waals surface area (Å²) in [5.41, 5.74) is 6.84. The average molecular weight is 194 g/mol. The van der Waals surface area contributed by atoms with Crippen molar-refractivity contribution < 1.29 is 9.90 Å². The predicted octanol–water partition coefficient (Wildman–Crippen LogP) is 1.04. The summed E-state index contributed by atoms with van der Waals surface area (Å²) < 4.78 is 0. The molecule has 0 amide bonds. The molecular formula is C10H14N2O2. The first-order chi connectivity index (χ1) is 6.43. The van der Waals surface area contributed by atoms with Crippen LogP contribution >= 0.6 is 0 Å². The van der Waals surface area contributed by atoms with E-state index in [0.29, 0.717) is 0 Å². The fourth-order valence-corrected chi connectivity index (χ4v) is 1.52. The van der Waals surface area contributed by atoms with E-state index in [1.54, 1.807) is 25.4 Å². The minimum Gasteiger partial charge on any atom is -0.481 e. The maximum absolute atomic E-state index is 10.6. The number of aromatic nitrogens is 1. The number of pyridine rings is 1. The minimum atomic E-state index is -0.897. The van der Waals surface area contributed by atoms with E-state index in [1.807, 2.05) is 6.92 Å². The lowest BCUT2D eigenvalue weighted by atomic mass is 9.88. The van der Waals surface area contributed by atoms with Gasteiger partial charge in [0.1, 0.15) is 0 Å². The third kappa shape index (κ3) is 2.29. The Kier molecular flexibility index (Phi) is 2.86. The van der Waals surface area contributed by atoms with Gasteiger partial charge in [-0.05, 0) is 31.0 Å². The van der Waals surface area contributed by atoms with E-state index in [2.05, 4.69) is 4.98 Å². The second kappa shape index (κ2) is 3.75. The standard InChI is InChI=1S/C10H14N2O2/c1-7-6-12-4-3-8(7)10(2,11)5-9(13)14/h3-4,6H,5,11H2,1-2H3,(H,13,14). The second-order valence-corrected chi connectivity index (χ2v) is 3.68. The molecule has 1 aromatic rings. The van der Waals surface area contributed by atoms with E-state index in [1.165, 1.54) is 0 Å². The molecule has 1 atom stereocenters. The highest BCUT2D eigenvalue weighted by atomic mass is 16.4. The summed E-state index contributed by atoms with van der Waals surface area (Å²) >= 11 is 0. The van der Waals surface area contributed by atoms with Crippen LogP contribution in [-0.4, -0.2) is 16.1 Å². The van der Waals surface area contributed by atoms with Crippen molar-refractivity contribution in [1.29, 1.82) is 0 Å². The molecule has 0 bridgehead atoms. The number of carboxylic acids is 1. The Balaban J connectivity index is 3.03. The van der Waals surface area contributed by atoms with Crippen LogP contribution in [0.3, 0.4) is 0 Å². The molecule has 0 spiro atoms. The summed E-state index contributed by atoms with van der Waals surface area (Å²) in [6, 6.07) is 1.76. The molecule has 0 aromatic carbocycles. The van der Waals surface area contributed by atoms with Gasteiger partial charge >= 0.3 is 5.97 Å². The van der Waals surface area contributed by atoms with Crippen LogP contribution < -0.4 is 5.73 Å². The lowest BCUT2D eigenvalue weighted by Gasteiger charge is -2.24. The highest BCUT2D eigenvalue weighted by Gasteiger charge is 2.25. The van der Waals surface area contributed by atoms with Crippen molar-refractivity contribution in [3.8, 4) is 0 Å². The van der Waals surface area contributed by atoms with Gasteiger partial charge in [-0.15, -0.1) is 0 Å². The quantitative estimate of drug-likeness (QED) is 0.753. The summed E-state index contributed by atoms with van der Waals surface area (Å²) in [6.45, 7) is 3.58. The molecule has 1 rings (SSSR count). The summed E-state index contributed by atoms with van der Waals surface area (Å²) in [7, 11) is 0. The van der Waals surface area contributed by atoms with Crippen LogP contribution in [0.2, 0.25) is 0 Å². The van der Waals surface area contributed by atoms with E-state index in [0.717, 1.165) is 11.1 Å². The van der Waals surface area contributed by atoms with Gasteiger partial charge in [-0.1, -0.05) is 0 Å².